The second-order valence-corrected chi connectivity index (χ2v) is 10.3. The Kier molecular flexibility index (Phi) is 5.04. The van der Waals surface area contributed by atoms with E-state index in [1.165, 1.54) is 15.4 Å². The van der Waals surface area contributed by atoms with Crippen LogP contribution >= 0.6 is 12.1 Å². The molecule has 1 aliphatic heterocycles. The molecule has 1 spiro atoms. The first-order chi connectivity index (χ1) is 15.9. The van der Waals surface area contributed by atoms with E-state index in [4.69, 9.17) is 0 Å². The van der Waals surface area contributed by atoms with Gasteiger partial charge in [-0.25, -0.2) is 9.03 Å². The minimum atomic E-state index is -4.18. The molecule has 3 aliphatic rings. The molecule has 2 aromatic heterocycles. The molecule has 6 rings (SSSR count). The normalized spacial score (nSPS) is 27.1. The smallest absolute Gasteiger partial charge is 0.276 e. The third kappa shape index (κ3) is 3.86. The summed E-state index contributed by atoms with van der Waals surface area (Å²) in [5, 5.41) is 7.58. The first-order valence-electron chi connectivity index (χ1n) is 11.2. The summed E-state index contributed by atoms with van der Waals surface area (Å²) < 4.78 is 43.9. The number of pyridine rings is 1. The molecule has 172 valence electrons. The van der Waals surface area contributed by atoms with Crippen LogP contribution < -0.4 is 4.72 Å². The molecule has 3 unspecified atom stereocenters. The van der Waals surface area contributed by atoms with Gasteiger partial charge in [0.2, 0.25) is 0 Å². The van der Waals surface area contributed by atoms with Gasteiger partial charge < -0.3 is 0 Å². The van der Waals surface area contributed by atoms with Gasteiger partial charge in [0.05, 0.1) is 17.1 Å². The van der Waals surface area contributed by atoms with E-state index in [2.05, 4.69) is 38.1 Å². The summed E-state index contributed by atoms with van der Waals surface area (Å²) in [7, 11) is 0. The number of alkyl halides is 3. The number of aromatic amines is 1. The Labute approximate surface area is 194 Å². The van der Waals surface area contributed by atoms with Gasteiger partial charge in [0.15, 0.2) is 0 Å². The number of fused-ring (bicyclic) bond motifs is 1. The number of benzene rings is 1. The predicted molar refractivity (Wildman–Crippen MR) is 122 cm³/mol. The molecule has 33 heavy (non-hydrogen) atoms. The maximum absolute atomic E-state index is 13.0. The summed E-state index contributed by atoms with van der Waals surface area (Å²) in [6.07, 6.45) is 1.47. The van der Waals surface area contributed by atoms with Crippen LogP contribution in [0.15, 0.2) is 48.7 Å². The maximum Gasteiger partial charge on any atom is 0.402 e. The van der Waals surface area contributed by atoms with Gasteiger partial charge in [0.25, 0.3) is 0 Å². The quantitative estimate of drug-likeness (QED) is 0.525. The Morgan fingerprint density at radius 1 is 1.03 bits per heavy atom. The van der Waals surface area contributed by atoms with Gasteiger partial charge in [-0.2, -0.15) is 18.3 Å². The summed E-state index contributed by atoms with van der Waals surface area (Å²) >= 11 is 1.15. The lowest BCUT2D eigenvalue weighted by Gasteiger charge is -2.34. The summed E-state index contributed by atoms with van der Waals surface area (Å²) in [5.41, 5.74) is 5.98. The van der Waals surface area contributed by atoms with Crippen LogP contribution in [0.25, 0.3) is 22.6 Å². The SMILES string of the molecule is FC(F)(F)CN1CC2(NS1)C1CCC2Cc2cc(-c3cc(-c4ccccn4)[nH]n3)ccc2C1. The van der Waals surface area contributed by atoms with Crippen LogP contribution in [0.4, 0.5) is 13.2 Å². The Hall–Kier alpha value is -2.36. The van der Waals surface area contributed by atoms with Crippen LogP contribution in [-0.4, -0.2) is 44.3 Å². The van der Waals surface area contributed by atoms with Crippen molar-refractivity contribution in [2.75, 3.05) is 13.1 Å². The van der Waals surface area contributed by atoms with Crippen molar-refractivity contribution in [3.63, 3.8) is 0 Å². The van der Waals surface area contributed by atoms with Crippen molar-refractivity contribution in [2.45, 2.75) is 37.4 Å². The highest BCUT2D eigenvalue weighted by Gasteiger charge is 2.56. The van der Waals surface area contributed by atoms with Crippen molar-refractivity contribution in [3.8, 4) is 22.6 Å². The van der Waals surface area contributed by atoms with Gasteiger partial charge in [-0.3, -0.25) is 10.1 Å². The molecule has 2 N–H and O–H groups in total. The highest BCUT2D eigenvalue weighted by Crippen LogP contribution is 2.51. The summed E-state index contributed by atoms with van der Waals surface area (Å²) in [4.78, 5) is 4.38. The Morgan fingerprint density at radius 3 is 2.61 bits per heavy atom. The standard InChI is InChI=1S/C24H24F3N5S/c25-24(26,27)14-32-13-23(31-33-32)18-6-7-19(23)11-17-9-16(5-4-15(17)10-18)21-12-22(30-29-21)20-3-1-2-8-28-20/h1-5,8-9,12,18-19,31H,6-7,10-11,13-14H2,(H,29,30). The fourth-order valence-corrected chi connectivity index (χ4v) is 7.05. The number of rotatable bonds is 3. The Morgan fingerprint density at radius 2 is 1.85 bits per heavy atom. The van der Waals surface area contributed by atoms with Gasteiger partial charge in [-0.1, -0.05) is 18.2 Å². The molecule has 1 saturated carbocycles. The van der Waals surface area contributed by atoms with Gasteiger partial charge in [-0.05, 0) is 72.9 Å². The lowest BCUT2D eigenvalue weighted by atomic mass is 9.79. The predicted octanol–water partition coefficient (Wildman–Crippen LogP) is 5.03. The molecule has 3 heterocycles. The number of halogens is 3. The molecule has 0 amide bonds. The average molecular weight is 472 g/mol. The summed E-state index contributed by atoms with van der Waals surface area (Å²) in [6.45, 7) is -0.430. The highest BCUT2D eigenvalue weighted by atomic mass is 32.2. The van der Waals surface area contributed by atoms with E-state index in [1.807, 2.05) is 24.3 Å². The molecule has 3 atom stereocenters. The van der Waals surface area contributed by atoms with Crippen molar-refractivity contribution in [1.82, 2.24) is 24.2 Å². The van der Waals surface area contributed by atoms with E-state index in [1.54, 1.807) is 6.20 Å². The minimum absolute atomic E-state index is 0.256. The van der Waals surface area contributed by atoms with Crippen molar-refractivity contribution in [1.29, 1.82) is 0 Å². The number of hydrogen-bond donors (Lipinski definition) is 2. The molecule has 2 bridgehead atoms. The van der Waals surface area contributed by atoms with E-state index >= 15 is 0 Å². The van der Waals surface area contributed by atoms with Crippen LogP contribution in [0, 0.1) is 11.8 Å². The molecule has 2 aliphatic carbocycles. The van der Waals surface area contributed by atoms with Crippen LogP contribution in [0.1, 0.15) is 24.0 Å². The maximum atomic E-state index is 13.0. The van der Waals surface area contributed by atoms with Crippen molar-refractivity contribution in [2.24, 2.45) is 11.8 Å². The zero-order valence-corrected chi connectivity index (χ0v) is 18.7. The van der Waals surface area contributed by atoms with Gasteiger partial charge >= 0.3 is 6.18 Å². The third-order valence-corrected chi connectivity index (χ3v) is 8.42. The average Bonchev–Trinajstić information content (AvgIpc) is 3.47. The number of nitrogens with one attached hydrogen (secondary N) is 2. The van der Waals surface area contributed by atoms with E-state index in [9.17, 15) is 13.2 Å². The van der Waals surface area contributed by atoms with Crippen LogP contribution in [0.5, 0.6) is 0 Å². The highest BCUT2D eigenvalue weighted by molar-refractivity contribution is 7.95. The van der Waals surface area contributed by atoms with E-state index < -0.39 is 12.7 Å². The first kappa shape index (κ1) is 21.2. The molecule has 9 heteroatoms. The van der Waals surface area contributed by atoms with Crippen molar-refractivity contribution in [3.05, 3.63) is 59.8 Å². The zero-order valence-electron chi connectivity index (χ0n) is 17.9. The molecule has 3 aromatic rings. The molecule has 2 fully saturated rings. The number of nitrogens with zero attached hydrogens (tertiary/aromatic N) is 3. The van der Waals surface area contributed by atoms with Crippen molar-refractivity contribution >= 4 is 12.1 Å². The number of H-pyrrole nitrogens is 1. The second kappa shape index (κ2) is 7.85. The first-order valence-corrected chi connectivity index (χ1v) is 12.0. The van der Waals surface area contributed by atoms with Crippen LogP contribution in [0.3, 0.4) is 0 Å². The molecule has 1 aromatic carbocycles. The lowest BCUT2D eigenvalue weighted by Crippen LogP contribution is -2.51. The molecular formula is C24H24F3N5S. The number of aromatic nitrogens is 3. The van der Waals surface area contributed by atoms with E-state index in [0.29, 0.717) is 18.4 Å². The fraction of sp³-hybridized carbons (Fsp3) is 0.417. The van der Waals surface area contributed by atoms with Crippen molar-refractivity contribution < 1.29 is 13.2 Å². The molecule has 0 radical (unpaired) electrons. The van der Waals surface area contributed by atoms with Gasteiger partial charge in [0, 0.05) is 36.0 Å². The topological polar surface area (TPSA) is 56.8 Å². The summed E-state index contributed by atoms with van der Waals surface area (Å²) in [6, 6.07) is 14.3. The Bertz CT molecular complexity index is 1160. The molecule has 1 saturated heterocycles. The fourth-order valence-electron chi connectivity index (χ4n) is 5.87. The van der Waals surface area contributed by atoms with Gasteiger partial charge in [-0.15, -0.1) is 0 Å². The van der Waals surface area contributed by atoms with Gasteiger partial charge in [0.1, 0.15) is 6.54 Å². The zero-order chi connectivity index (χ0) is 22.6. The largest absolute Gasteiger partial charge is 0.402 e. The second-order valence-electron chi connectivity index (χ2n) is 9.39. The third-order valence-electron chi connectivity index (χ3n) is 7.43. The lowest BCUT2D eigenvalue weighted by molar-refractivity contribution is -0.135. The van der Waals surface area contributed by atoms with Crippen LogP contribution in [-0.2, 0) is 12.8 Å². The summed E-state index contributed by atoms with van der Waals surface area (Å²) in [5.74, 6) is 0.675. The monoisotopic (exact) mass is 471 g/mol. The Balaban J connectivity index is 1.26. The molecular weight excluding hydrogens is 447 g/mol. The number of hydrogen-bond acceptors (Lipinski definition) is 5. The van der Waals surface area contributed by atoms with Crippen LogP contribution in [0.2, 0.25) is 0 Å². The van der Waals surface area contributed by atoms with E-state index in [0.717, 1.165) is 60.5 Å². The van der Waals surface area contributed by atoms with E-state index in [-0.39, 0.29) is 5.54 Å². The minimum Gasteiger partial charge on any atom is -0.276 e. The molecule has 5 nitrogen and oxygen atoms in total.